The number of sulfonamides is 1. The molecule has 1 aromatic heterocycles. The van der Waals surface area contributed by atoms with Gasteiger partial charge in [0.05, 0.1) is 23.9 Å². The SMILES string of the molecule is CCOP1(=O)N=C(c2c(O)c(C3=CSCC3)nn(CC3CC3)c2=O)Nc2ccc(NS(C)(=O)=O)cc21. The summed E-state index contributed by atoms with van der Waals surface area (Å²) in [6.07, 6.45) is 3.72. The third-order valence-corrected chi connectivity index (χ3v) is 9.46. The van der Waals surface area contributed by atoms with Gasteiger partial charge in [0.2, 0.25) is 10.0 Å². The van der Waals surface area contributed by atoms with Crippen molar-refractivity contribution in [3.8, 4) is 5.75 Å². The molecule has 11 nitrogen and oxygen atoms in total. The molecule has 3 aliphatic rings. The monoisotopic (exact) mass is 551 g/mol. The molecule has 3 N–H and O–H groups in total. The maximum absolute atomic E-state index is 13.9. The van der Waals surface area contributed by atoms with Crippen LogP contribution in [0.1, 0.15) is 37.4 Å². The molecule has 5 rings (SSSR count). The van der Waals surface area contributed by atoms with Crippen molar-refractivity contribution >= 4 is 57.4 Å². The molecule has 0 spiro atoms. The number of fused-ring (bicyclic) bond motifs is 1. The molecule has 1 unspecified atom stereocenters. The van der Waals surface area contributed by atoms with Crippen molar-refractivity contribution in [1.82, 2.24) is 9.78 Å². The van der Waals surface area contributed by atoms with Crippen LogP contribution in [-0.4, -0.2) is 47.8 Å². The van der Waals surface area contributed by atoms with Gasteiger partial charge in [-0.25, -0.2) is 13.1 Å². The minimum absolute atomic E-state index is 0.0564. The van der Waals surface area contributed by atoms with Crippen molar-refractivity contribution in [2.24, 2.45) is 10.7 Å². The molecular weight excluding hydrogens is 525 g/mol. The lowest BCUT2D eigenvalue weighted by Crippen LogP contribution is -2.35. The standard InChI is InChI=1S/C22H26N5O6PS2/c1-3-33-34(30)17-10-15(26-36(2,31)32)6-7-16(17)23-21(25-34)18-20(28)19(14-8-9-35-12-14)24-27(22(18)29)11-13-4-5-13/h6-7,10,12-13,26,28H,3-5,8-9,11H2,1-2H3,(H,23,25,30). The first-order chi connectivity index (χ1) is 17.1. The molecule has 2 aliphatic heterocycles. The van der Waals surface area contributed by atoms with Crippen LogP contribution >= 0.6 is 19.3 Å². The van der Waals surface area contributed by atoms with E-state index in [2.05, 4.69) is 19.9 Å². The molecule has 192 valence electrons. The maximum atomic E-state index is 13.9. The third-order valence-electron chi connectivity index (χ3n) is 5.91. The fraction of sp³-hybridized carbons (Fsp3) is 0.409. The molecule has 1 atom stereocenters. The first-order valence-electron chi connectivity index (χ1n) is 11.5. The summed E-state index contributed by atoms with van der Waals surface area (Å²) in [6.45, 7) is 2.14. The summed E-state index contributed by atoms with van der Waals surface area (Å²) in [5, 5.41) is 20.8. The lowest BCUT2D eigenvalue weighted by atomic mass is 10.1. The number of benzene rings is 1. The molecule has 1 saturated carbocycles. The van der Waals surface area contributed by atoms with E-state index in [1.165, 1.54) is 22.9 Å². The lowest BCUT2D eigenvalue weighted by Gasteiger charge is -2.26. The van der Waals surface area contributed by atoms with Crippen LogP contribution in [0.25, 0.3) is 5.57 Å². The second-order valence-corrected chi connectivity index (χ2v) is 13.6. The fourth-order valence-corrected chi connectivity index (χ4v) is 7.34. The molecule has 14 heteroatoms. The predicted octanol–water partition coefficient (Wildman–Crippen LogP) is 2.94. The van der Waals surface area contributed by atoms with E-state index in [9.17, 15) is 22.9 Å². The Balaban J connectivity index is 1.66. The highest BCUT2D eigenvalue weighted by atomic mass is 32.2. The summed E-state index contributed by atoms with van der Waals surface area (Å²) in [7, 11) is -7.50. The quantitative estimate of drug-likeness (QED) is 0.421. The Morgan fingerprint density at radius 2 is 2.14 bits per heavy atom. The highest BCUT2D eigenvalue weighted by Gasteiger charge is 2.37. The Kier molecular flexibility index (Phi) is 6.52. The molecule has 3 heterocycles. The number of thioether (sulfide) groups is 1. The number of nitrogens with one attached hydrogen (secondary N) is 2. The summed E-state index contributed by atoms with van der Waals surface area (Å²) >= 11 is 1.61. The number of aromatic nitrogens is 2. The summed E-state index contributed by atoms with van der Waals surface area (Å²) in [6, 6.07) is 4.42. The number of anilines is 2. The number of hydrogen-bond acceptors (Lipinski definition) is 9. The van der Waals surface area contributed by atoms with Gasteiger partial charge in [0.1, 0.15) is 11.3 Å². The van der Waals surface area contributed by atoms with Gasteiger partial charge in [-0.05, 0) is 61.3 Å². The number of aromatic hydroxyl groups is 1. The Morgan fingerprint density at radius 3 is 2.78 bits per heavy atom. The predicted molar refractivity (Wildman–Crippen MR) is 142 cm³/mol. The topological polar surface area (TPSA) is 152 Å². The number of allylic oxidation sites excluding steroid dienone is 1. The lowest BCUT2D eigenvalue weighted by molar-refractivity contribution is 0.341. The zero-order chi connectivity index (χ0) is 25.7. The van der Waals surface area contributed by atoms with Crippen molar-refractivity contribution in [2.75, 3.05) is 28.7 Å². The third kappa shape index (κ3) is 4.97. The van der Waals surface area contributed by atoms with Crippen LogP contribution in [0.2, 0.25) is 0 Å². The van der Waals surface area contributed by atoms with Crippen LogP contribution in [0.15, 0.2) is 33.2 Å². The molecule has 2 aromatic rings. The Morgan fingerprint density at radius 1 is 1.36 bits per heavy atom. The van der Waals surface area contributed by atoms with Crippen molar-refractivity contribution < 1.29 is 22.6 Å². The van der Waals surface area contributed by atoms with Crippen molar-refractivity contribution in [3.63, 3.8) is 0 Å². The van der Waals surface area contributed by atoms with Crippen LogP contribution in [0.4, 0.5) is 11.4 Å². The number of amidine groups is 1. The zero-order valence-corrected chi connectivity index (χ0v) is 22.3. The first-order valence-corrected chi connectivity index (χ1v) is 16.0. The summed E-state index contributed by atoms with van der Waals surface area (Å²) in [5.41, 5.74) is 1.000. The van der Waals surface area contributed by atoms with Gasteiger partial charge >= 0.3 is 7.52 Å². The Hall–Kier alpha value is -2.60. The average Bonchev–Trinajstić information content (AvgIpc) is 3.45. The average molecular weight is 552 g/mol. The van der Waals surface area contributed by atoms with E-state index < -0.39 is 23.1 Å². The van der Waals surface area contributed by atoms with Gasteiger partial charge in [-0.15, -0.1) is 11.8 Å². The van der Waals surface area contributed by atoms with Crippen LogP contribution in [0.5, 0.6) is 5.75 Å². The van der Waals surface area contributed by atoms with Crippen molar-refractivity contribution in [1.29, 1.82) is 0 Å². The van der Waals surface area contributed by atoms with Gasteiger partial charge in [-0.1, -0.05) is 0 Å². The molecule has 36 heavy (non-hydrogen) atoms. The Labute approximate surface area is 212 Å². The highest BCUT2D eigenvalue weighted by molar-refractivity contribution is 8.02. The summed E-state index contributed by atoms with van der Waals surface area (Å²) in [5.74, 6) is 0.798. The molecule has 1 fully saturated rings. The summed E-state index contributed by atoms with van der Waals surface area (Å²) in [4.78, 5) is 13.5. The van der Waals surface area contributed by atoms with Gasteiger partial charge < -0.3 is 14.9 Å². The molecule has 0 amide bonds. The molecule has 0 radical (unpaired) electrons. The van der Waals surface area contributed by atoms with Crippen molar-refractivity contribution in [2.45, 2.75) is 32.7 Å². The van der Waals surface area contributed by atoms with E-state index in [4.69, 9.17) is 4.52 Å². The van der Waals surface area contributed by atoms with E-state index in [0.29, 0.717) is 30.3 Å². The van der Waals surface area contributed by atoms with E-state index >= 15 is 0 Å². The second-order valence-electron chi connectivity index (χ2n) is 8.88. The second kappa shape index (κ2) is 9.37. The van der Waals surface area contributed by atoms with Gasteiger partial charge in [-0.2, -0.15) is 9.86 Å². The number of rotatable bonds is 8. The molecular formula is C22H26N5O6PS2. The van der Waals surface area contributed by atoms with Crippen LogP contribution in [0, 0.1) is 5.92 Å². The number of nitrogens with zero attached hydrogens (tertiary/aromatic N) is 3. The molecule has 0 saturated heterocycles. The minimum atomic E-state index is -3.94. The van der Waals surface area contributed by atoms with Crippen LogP contribution < -0.4 is 20.9 Å². The first kappa shape index (κ1) is 25.1. The van der Waals surface area contributed by atoms with Crippen molar-refractivity contribution in [3.05, 3.63) is 45.2 Å². The number of hydrogen-bond donors (Lipinski definition) is 3. The zero-order valence-electron chi connectivity index (χ0n) is 19.7. The van der Waals surface area contributed by atoms with Crippen LogP contribution in [0.3, 0.4) is 0 Å². The van der Waals surface area contributed by atoms with E-state index in [-0.39, 0.29) is 34.7 Å². The minimum Gasteiger partial charge on any atom is -0.505 e. The van der Waals surface area contributed by atoms with Gasteiger partial charge in [0.15, 0.2) is 11.6 Å². The molecule has 1 aliphatic carbocycles. The Bertz CT molecular complexity index is 1510. The molecule has 1 aromatic carbocycles. The van der Waals surface area contributed by atoms with Gasteiger partial charge in [0.25, 0.3) is 5.56 Å². The van der Waals surface area contributed by atoms with Crippen LogP contribution in [-0.2, 0) is 25.7 Å². The highest BCUT2D eigenvalue weighted by Crippen LogP contribution is 2.52. The van der Waals surface area contributed by atoms with Gasteiger partial charge in [0, 0.05) is 18.0 Å². The molecule has 0 bridgehead atoms. The summed E-state index contributed by atoms with van der Waals surface area (Å²) < 4.78 is 50.9. The van der Waals surface area contributed by atoms with Gasteiger partial charge in [-0.3, -0.25) is 14.1 Å². The normalized spacial score (nSPS) is 21.4. The smallest absolute Gasteiger partial charge is 0.348 e. The van der Waals surface area contributed by atoms with E-state index in [1.807, 2.05) is 5.41 Å². The van der Waals surface area contributed by atoms with E-state index in [0.717, 1.165) is 30.4 Å². The van der Waals surface area contributed by atoms with E-state index in [1.54, 1.807) is 18.7 Å². The fourth-order valence-electron chi connectivity index (χ4n) is 4.09. The largest absolute Gasteiger partial charge is 0.505 e. The maximum Gasteiger partial charge on any atom is 0.348 e.